The van der Waals surface area contributed by atoms with Crippen LogP contribution in [0, 0.1) is 0 Å². The fourth-order valence-corrected chi connectivity index (χ4v) is 4.76. The summed E-state index contributed by atoms with van der Waals surface area (Å²) < 4.78 is 17.6. The van der Waals surface area contributed by atoms with Crippen molar-refractivity contribution in [2.75, 3.05) is 6.54 Å². The molecule has 2 aromatic carbocycles. The Hall–Kier alpha value is -3.81. The van der Waals surface area contributed by atoms with Gasteiger partial charge in [-0.15, -0.1) is 0 Å². The van der Waals surface area contributed by atoms with E-state index in [-0.39, 0.29) is 17.6 Å². The van der Waals surface area contributed by atoms with Crippen LogP contribution in [0.3, 0.4) is 0 Å². The molecule has 0 aliphatic carbocycles. The second-order valence-electron chi connectivity index (χ2n) is 12.2. The molecule has 3 aromatic rings. The summed E-state index contributed by atoms with van der Waals surface area (Å²) >= 11 is 0. The lowest BCUT2D eigenvalue weighted by atomic mass is 9.98. The summed E-state index contributed by atoms with van der Waals surface area (Å²) in [4.78, 5) is 33.2. The van der Waals surface area contributed by atoms with Gasteiger partial charge in [0.15, 0.2) is 5.76 Å². The molecular formula is C32H41N3O5. The fraction of sp³-hybridized carbons (Fsp3) is 0.469. The van der Waals surface area contributed by atoms with Crippen LogP contribution in [0.5, 0.6) is 5.75 Å². The molecule has 1 aromatic heterocycles. The number of carbonyl (C=O) groups excluding carboxylic acids is 2. The highest BCUT2D eigenvalue weighted by Gasteiger charge is 2.36. The Morgan fingerprint density at radius 1 is 1.00 bits per heavy atom. The average Bonchev–Trinajstić information content (AvgIpc) is 3.38. The first-order valence-corrected chi connectivity index (χ1v) is 14.0. The van der Waals surface area contributed by atoms with Gasteiger partial charge in [-0.1, -0.05) is 42.5 Å². The Morgan fingerprint density at radius 2 is 1.70 bits per heavy atom. The molecule has 8 nitrogen and oxygen atoms in total. The summed E-state index contributed by atoms with van der Waals surface area (Å²) in [5, 5.41) is 2.84. The highest BCUT2D eigenvalue weighted by Crippen LogP contribution is 2.33. The van der Waals surface area contributed by atoms with E-state index in [0.29, 0.717) is 24.6 Å². The number of rotatable bonds is 7. The van der Waals surface area contributed by atoms with Gasteiger partial charge in [-0.25, -0.2) is 9.78 Å². The number of amides is 2. The van der Waals surface area contributed by atoms with Gasteiger partial charge >= 0.3 is 6.09 Å². The van der Waals surface area contributed by atoms with Crippen LogP contribution >= 0.6 is 0 Å². The summed E-state index contributed by atoms with van der Waals surface area (Å²) in [7, 11) is 0. The predicted octanol–water partition coefficient (Wildman–Crippen LogP) is 6.71. The minimum absolute atomic E-state index is 0.190. The molecule has 1 aliphatic rings. The number of benzene rings is 2. The van der Waals surface area contributed by atoms with E-state index >= 15 is 0 Å². The van der Waals surface area contributed by atoms with Crippen molar-refractivity contribution in [3.05, 3.63) is 72.2 Å². The van der Waals surface area contributed by atoms with E-state index < -0.39 is 17.7 Å². The fourth-order valence-electron chi connectivity index (χ4n) is 4.76. The molecule has 0 bridgehead atoms. The maximum atomic E-state index is 14.1. The molecule has 1 saturated heterocycles. The van der Waals surface area contributed by atoms with E-state index in [9.17, 15) is 9.59 Å². The van der Waals surface area contributed by atoms with E-state index in [1.807, 2.05) is 75.4 Å². The Bertz CT molecular complexity index is 1270. The molecular weight excluding hydrogens is 506 g/mol. The number of piperidine rings is 1. The van der Waals surface area contributed by atoms with Crippen molar-refractivity contribution in [2.24, 2.45) is 0 Å². The molecule has 0 saturated carbocycles. The molecule has 1 fully saturated rings. The first-order valence-electron chi connectivity index (χ1n) is 14.0. The third-order valence-electron chi connectivity index (χ3n) is 6.43. The zero-order valence-electron chi connectivity index (χ0n) is 24.4. The number of nitrogens with zero attached hydrogens (tertiary/aromatic N) is 2. The lowest BCUT2D eigenvalue weighted by molar-refractivity contribution is -0.138. The Kier molecular flexibility index (Phi) is 8.86. The van der Waals surface area contributed by atoms with Crippen molar-refractivity contribution in [3.63, 3.8) is 0 Å². The van der Waals surface area contributed by atoms with Gasteiger partial charge in [-0.3, -0.25) is 4.79 Å². The van der Waals surface area contributed by atoms with Crippen molar-refractivity contribution in [1.29, 1.82) is 0 Å². The smallest absolute Gasteiger partial charge is 0.408 e. The van der Waals surface area contributed by atoms with Crippen LogP contribution in [0.25, 0.3) is 11.3 Å². The summed E-state index contributed by atoms with van der Waals surface area (Å²) in [5.74, 6) is 1.72. The first kappa shape index (κ1) is 29.2. The predicted molar refractivity (Wildman–Crippen MR) is 154 cm³/mol. The minimum Gasteiger partial charge on any atom is -0.488 e. The zero-order valence-corrected chi connectivity index (χ0v) is 24.4. The monoisotopic (exact) mass is 547 g/mol. The van der Waals surface area contributed by atoms with Gasteiger partial charge in [0.1, 0.15) is 29.0 Å². The molecule has 4 rings (SSSR count). The molecule has 8 heteroatoms. The average molecular weight is 548 g/mol. The lowest BCUT2D eigenvalue weighted by Gasteiger charge is -2.36. The second-order valence-corrected chi connectivity index (χ2v) is 12.2. The van der Waals surface area contributed by atoms with Crippen LogP contribution in [0.15, 0.2) is 65.2 Å². The van der Waals surface area contributed by atoms with Crippen LogP contribution in [0.4, 0.5) is 4.79 Å². The van der Waals surface area contributed by atoms with Crippen LogP contribution in [0.1, 0.15) is 78.3 Å². The normalized spacial score (nSPS) is 16.8. The Labute approximate surface area is 237 Å². The Morgan fingerprint density at radius 3 is 2.35 bits per heavy atom. The number of alkyl carbamates (subject to hydrolysis) is 1. The molecule has 2 atom stereocenters. The molecule has 1 N–H and O–H groups in total. The second kappa shape index (κ2) is 12.1. The van der Waals surface area contributed by atoms with Gasteiger partial charge in [0.05, 0.1) is 6.20 Å². The summed E-state index contributed by atoms with van der Waals surface area (Å²) in [6.45, 7) is 11.9. The zero-order chi connectivity index (χ0) is 28.9. The quantitative estimate of drug-likeness (QED) is 0.353. The van der Waals surface area contributed by atoms with Crippen molar-refractivity contribution in [1.82, 2.24) is 15.2 Å². The third-order valence-corrected chi connectivity index (χ3v) is 6.43. The van der Waals surface area contributed by atoms with Crippen molar-refractivity contribution in [3.8, 4) is 17.1 Å². The standard InChI is InChI=1S/C32H41N3O5/c1-31(2,3)39-24-17-15-22(16-18-24)20-25(34-30(37)40-32(4,5)6)29(36)35-19-11-10-14-26(35)28-33-21-27(38-28)23-12-8-7-9-13-23/h7-9,12-13,15-18,21,25-26H,10-11,14,19-20H2,1-6H3,(H,34,37)/t25-,26?/m0/s1. The third kappa shape index (κ3) is 8.10. The van der Waals surface area contributed by atoms with Gasteiger partial charge in [0, 0.05) is 18.5 Å². The topological polar surface area (TPSA) is 93.9 Å². The van der Waals surface area contributed by atoms with Gasteiger partial charge < -0.3 is 24.1 Å². The highest BCUT2D eigenvalue weighted by atomic mass is 16.6. The van der Waals surface area contributed by atoms with Gasteiger partial charge in [0.25, 0.3) is 0 Å². The minimum atomic E-state index is -0.826. The molecule has 214 valence electrons. The van der Waals surface area contributed by atoms with Crippen molar-refractivity contribution >= 4 is 12.0 Å². The van der Waals surface area contributed by atoms with Gasteiger partial charge in [-0.05, 0) is 78.5 Å². The number of carbonyl (C=O) groups is 2. The summed E-state index contributed by atoms with van der Waals surface area (Å²) in [6, 6.07) is 16.3. The van der Waals surface area contributed by atoms with Gasteiger partial charge in [-0.2, -0.15) is 0 Å². The van der Waals surface area contributed by atoms with Crippen molar-refractivity contribution < 1.29 is 23.5 Å². The van der Waals surface area contributed by atoms with Crippen LogP contribution in [0.2, 0.25) is 0 Å². The van der Waals surface area contributed by atoms with Crippen LogP contribution in [-0.4, -0.2) is 45.7 Å². The van der Waals surface area contributed by atoms with E-state index in [1.165, 1.54) is 0 Å². The maximum absolute atomic E-state index is 14.1. The molecule has 40 heavy (non-hydrogen) atoms. The first-order chi connectivity index (χ1) is 18.9. The highest BCUT2D eigenvalue weighted by molar-refractivity contribution is 5.86. The number of hydrogen-bond acceptors (Lipinski definition) is 6. The summed E-state index contributed by atoms with van der Waals surface area (Å²) in [5.41, 5.74) is 0.815. The number of oxazole rings is 1. The van der Waals surface area contributed by atoms with E-state index in [2.05, 4.69) is 10.3 Å². The molecule has 0 spiro atoms. The number of hydrogen-bond donors (Lipinski definition) is 1. The molecule has 1 aliphatic heterocycles. The summed E-state index contributed by atoms with van der Waals surface area (Å²) in [6.07, 6.45) is 3.94. The van der Waals surface area contributed by atoms with Crippen molar-refractivity contribution in [2.45, 2.75) is 90.5 Å². The molecule has 1 unspecified atom stereocenters. The largest absolute Gasteiger partial charge is 0.488 e. The van der Waals surface area contributed by atoms with Crippen LogP contribution in [-0.2, 0) is 16.0 Å². The molecule has 2 heterocycles. The number of nitrogens with one attached hydrogen (secondary N) is 1. The maximum Gasteiger partial charge on any atom is 0.408 e. The van der Waals surface area contributed by atoms with E-state index in [4.69, 9.17) is 13.9 Å². The Balaban J connectivity index is 1.57. The lowest BCUT2D eigenvalue weighted by Crippen LogP contribution is -2.52. The van der Waals surface area contributed by atoms with E-state index in [1.54, 1.807) is 31.9 Å². The van der Waals surface area contributed by atoms with E-state index in [0.717, 1.165) is 36.1 Å². The van der Waals surface area contributed by atoms with Crippen LogP contribution < -0.4 is 10.1 Å². The number of aromatic nitrogens is 1. The molecule has 0 radical (unpaired) electrons. The SMILES string of the molecule is CC(C)(C)OC(=O)N[C@@H](Cc1ccc(OC(C)(C)C)cc1)C(=O)N1CCCCC1c1ncc(-c2ccccc2)o1. The van der Waals surface area contributed by atoms with Gasteiger partial charge in [0.2, 0.25) is 11.8 Å². The number of likely N-dealkylation sites (tertiary alicyclic amines) is 1. The number of ether oxygens (including phenoxy) is 2. The molecule has 2 amide bonds.